The first-order valence-corrected chi connectivity index (χ1v) is 6.70. The minimum Gasteiger partial charge on any atom is -0.395 e. The Morgan fingerprint density at radius 1 is 1.17 bits per heavy atom. The Morgan fingerprint density at radius 2 is 1.78 bits per heavy atom. The average Bonchev–Trinajstić information content (AvgIpc) is 2.46. The van der Waals surface area contributed by atoms with Crippen molar-refractivity contribution in [2.75, 3.05) is 19.7 Å². The second-order valence-corrected chi connectivity index (χ2v) is 3.69. The van der Waals surface area contributed by atoms with Gasteiger partial charge in [-0.3, -0.25) is 4.79 Å². The van der Waals surface area contributed by atoms with Crippen LogP contribution in [-0.4, -0.2) is 35.6 Å². The van der Waals surface area contributed by atoms with Crippen LogP contribution in [0.1, 0.15) is 32.8 Å². The van der Waals surface area contributed by atoms with Crippen LogP contribution < -0.4 is 0 Å². The fourth-order valence-corrected chi connectivity index (χ4v) is 1.61. The van der Waals surface area contributed by atoms with Crippen molar-refractivity contribution in [2.45, 2.75) is 33.6 Å². The summed E-state index contributed by atoms with van der Waals surface area (Å²) in [7, 11) is 0. The molecule has 0 radical (unpaired) electrons. The predicted molar refractivity (Wildman–Crippen MR) is 75.5 cm³/mol. The summed E-state index contributed by atoms with van der Waals surface area (Å²) in [6.07, 6.45) is 1.33. The number of hydrogen-bond donors (Lipinski definition) is 1. The highest BCUT2D eigenvalue weighted by atomic mass is 16.3. The topological polar surface area (TPSA) is 40.5 Å². The molecule has 0 bridgehead atoms. The number of aliphatic hydroxyl groups excluding tert-OH is 1. The normalized spacial score (nSPS) is 9.33. The van der Waals surface area contributed by atoms with Crippen molar-refractivity contribution >= 4 is 5.91 Å². The number of carbonyl (C=O) groups is 1. The van der Waals surface area contributed by atoms with Gasteiger partial charge in [0.1, 0.15) is 0 Å². The first-order valence-electron chi connectivity index (χ1n) is 6.70. The highest BCUT2D eigenvalue weighted by Crippen LogP contribution is 2.02. The second kappa shape index (κ2) is 10.8. The van der Waals surface area contributed by atoms with E-state index in [0.717, 1.165) is 6.42 Å². The zero-order chi connectivity index (χ0) is 13.8. The van der Waals surface area contributed by atoms with Gasteiger partial charge in [0.25, 0.3) is 0 Å². The minimum atomic E-state index is 0.0283. The number of rotatable bonds is 6. The van der Waals surface area contributed by atoms with Crippen molar-refractivity contribution in [2.24, 2.45) is 0 Å². The van der Waals surface area contributed by atoms with E-state index in [0.29, 0.717) is 19.5 Å². The first kappa shape index (κ1) is 16.6. The van der Waals surface area contributed by atoms with Gasteiger partial charge in [-0.1, -0.05) is 51.1 Å². The summed E-state index contributed by atoms with van der Waals surface area (Å²) in [6.45, 7) is 6.98. The molecule has 0 aliphatic rings. The van der Waals surface area contributed by atoms with E-state index in [4.69, 9.17) is 5.11 Å². The number of amides is 1. The molecule has 0 saturated heterocycles. The number of carbonyl (C=O) groups excluding carboxylic acids is 1. The molecule has 0 saturated carbocycles. The van der Waals surface area contributed by atoms with E-state index >= 15 is 0 Å². The Labute approximate surface area is 110 Å². The molecule has 0 aliphatic heterocycles. The summed E-state index contributed by atoms with van der Waals surface area (Å²) in [6, 6.07) is 10.1. The molecule has 102 valence electrons. The number of hydrogen-bond acceptors (Lipinski definition) is 2. The van der Waals surface area contributed by atoms with E-state index in [-0.39, 0.29) is 12.5 Å². The first-order chi connectivity index (χ1) is 8.77. The van der Waals surface area contributed by atoms with E-state index in [2.05, 4.69) is 0 Å². The second-order valence-electron chi connectivity index (χ2n) is 3.69. The van der Waals surface area contributed by atoms with E-state index in [9.17, 15) is 4.79 Å². The van der Waals surface area contributed by atoms with E-state index in [1.54, 1.807) is 4.90 Å². The van der Waals surface area contributed by atoms with Crippen molar-refractivity contribution in [3.05, 3.63) is 35.9 Å². The quantitative estimate of drug-likeness (QED) is 0.844. The van der Waals surface area contributed by atoms with Crippen LogP contribution in [0.5, 0.6) is 0 Å². The lowest BCUT2D eigenvalue weighted by molar-refractivity contribution is -0.131. The Hall–Kier alpha value is -1.35. The maximum absolute atomic E-state index is 11.5. The maximum atomic E-state index is 11.5. The van der Waals surface area contributed by atoms with Crippen LogP contribution in [0.4, 0.5) is 0 Å². The molecule has 0 aliphatic carbocycles. The van der Waals surface area contributed by atoms with Gasteiger partial charge in [0.05, 0.1) is 6.61 Å². The summed E-state index contributed by atoms with van der Waals surface area (Å²) >= 11 is 0. The molecular weight excluding hydrogens is 226 g/mol. The molecule has 1 amide bonds. The van der Waals surface area contributed by atoms with Crippen molar-refractivity contribution < 1.29 is 9.90 Å². The molecule has 0 atom stereocenters. The third-order valence-electron chi connectivity index (χ3n) is 2.54. The van der Waals surface area contributed by atoms with Crippen molar-refractivity contribution in [3.63, 3.8) is 0 Å². The molecule has 0 spiro atoms. The molecule has 1 rings (SSSR count). The van der Waals surface area contributed by atoms with Gasteiger partial charge in [0, 0.05) is 19.5 Å². The molecular formula is C15H25NO2. The van der Waals surface area contributed by atoms with E-state index in [1.165, 1.54) is 5.56 Å². The molecule has 0 fully saturated rings. The predicted octanol–water partition coefficient (Wildman–Crippen LogP) is 2.49. The fourth-order valence-electron chi connectivity index (χ4n) is 1.61. The lowest BCUT2D eigenvalue weighted by atomic mass is 10.1. The molecule has 3 heteroatoms. The summed E-state index contributed by atoms with van der Waals surface area (Å²) in [5.74, 6) is 0.102. The minimum absolute atomic E-state index is 0.0283. The smallest absolute Gasteiger partial charge is 0.222 e. The zero-order valence-electron chi connectivity index (χ0n) is 11.7. The van der Waals surface area contributed by atoms with Crippen LogP contribution in [0.3, 0.4) is 0 Å². The van der Waals surface area contributed by atoms with Crippen LogP contribution in [0.25, 0.3) is 0 Å². The van der Waals surface area contributed by atoms with Gasteiger partial charge < -0.3 is 10.0 Å². The molecule has 3 nitrogen and oxygen atoms in total. The van der Waals surface area contributed by atoms with Crippen molar-refractivity contribution in [1.29, 1.82) is 0 Å². The number of benzene rings is 1. The number of nitrogens with zero attached hydrogens (tertiary/aromatic N) is 1. The monoisotopic (exact) mass is 251 g/mol. The SMILES string of the molecule is CC.CCC(=O)N(CCO)CCc1ccccc1. The van der Waals surface area contributed by atoms with Gasteiger partial charge >= 0.3 is 0 Å². The van der Waals surface area contributed by atoms with Gasteiger partial charge in [-0.25, -0.2) is 0 Å². The van der Waals surface area contributed by atoms with Crippen LogP contribution >= 0.6 is 0 Å². The lowest BCUT2D eigenvalue weighted by Gasteiger charge is -2.21. The fraction of sp³-hybridized carbons (Fsp3) is 0.533. The average molecular weight is 251 g/mol. The Morgan fingerprint density at radius 3 is 2.28 bits per heavy atom. The van der Waals surface area contributed by atoms with Gasteiger partial charge in [-0.05, 0) is 12.0 Å². The standard InChI is InChI=1S/C13H19NO2.C2H6/c1-2-13(16)14(10-11-15)9-8-12-6-4-3-5-7-12;1-2/h3-7,15H,2,8-11H2,1H3;1-2H3. The van der Waals surface area contributed by atoms with Crippen LogP contribution in [-0.2, 0) is 11.2 Å². The van der Waals surface area contributed by atoms with E-state index < -0.39 is 0 Å². The van der Waals surface area contributed by atoms with E-state index in [1.807, 2.05) is 51.1 Å². The number of aliphatic hydroxyl groups is 1. The van der Waals surface area contributed by atoms with Gasteiger partial charge in [-0.2, -0.15) is 0 Å². The summed E-state index contributed by atoms with van der Waals surface area (Å²) in [5, 5.41) is 8.88. The zero-order valence-corrected chi connectivity index (χ0v) is 11.7. The maximum Gasteiger partial charge on any atom is 0.222 e. The summed E-state index contributed by atoms with van der Waals surface area (Å²) in [5.41, 5.74) is 1.22. The molecule has 18 heavy (non-hydrogen) atoms. The highest BCUT2D eigenvalue weighted by molar-refractivity contribution is 5.75. The van der Waals surface area contributed by atoms with Gasteiger partial charge in [0.2, 0.25) is 5.91 Å². The van der Waals surface area contributed by atoms with Crippen molar-refractivity contribution in [1.82, 2.24) is 4.90 Å². The molecule has 0 aromatic heterocycles. The summed E-state index contributed by atoms with van der Waals surface area (Å²) < 4.78 is 0. The Balaban J connectivity index is 0.00000137. The molecule has 0 heterocycles. The van der Waals surface area contributed by atoms with Crippen LogP contribution in [0, 0.1) is 0 Å². The summed E-state index contributed by atoms with van der Waals surface area (Å²) in [4.78, 5) is 13.3. The highest BCUT2D eigenvalue weighted by Gasteiger charge is 2.10. The molecule has 0 unspecified atom stereocenters. The Kier molecular flexibility index (Phi) is 9.97. The molecule has 1 aromatic rings. The third-order valence-corrected chi connectivity index (χ3v) is 2.54. The van der Waals surface area contributed by atoms with Crippen molar-refractivity contribution in [3.8, 4) is 0 Å². The third kappa shape index (κ3) is 6.40. The van der Waals surface area contributed by atoms with Crippen LogP contribution in [0.2, 0.25) is 0 Å². The molecule has 1 N–H and O–H groups in total. The lowest BCUT2D eigenvalue weighted by Crippen LogP contribution is -2.34. The van der Waals surface area contributed by atoms with Crippen LogP contribution in [0.15, 0.2) is 30.3 Å². The Bertz CT molecular complexity index is 312. The largest absolute Gasteiger partial charge is 0.395 e. The van der Waals surface area contributed by atoms with Gasteiger partial charge in [0.15, 0.2) is 0 Å². The van der Waals surface area contributed by atoms with Gasteiger partial charge in [-0.15, -0.1) is 0 Å². The molecule has 1 aromatic carbocycles.